The highest BCUT2D eigenvalue weighted by molar-refractivity contribution is 5.68. The molecule has 0 spiro atoms. The van der Waals surface area contributed by atoms with Gasteiger partial charge in [-0.25, -0.2) is 4.79 Å². The molecule has 2 rings (SSSR count). The van der Waals surface area contributed by atoms with Gasteiger partial charge in [0.05, 0.1) is 0 Å². The average Bonchev–Trinajstić information content (AvgIpc) is 2.64. The molecular weight excluding hydrogens is 266 g/mol. The van der Waals surface area contributed by atoms with Gasteiger partial charge in [-0.15, -0.1) is 0 Å². The van der Waals surface area contributed by atoms with Crippen molar-refractivity contribution >= 4 is 6.09 Å². The van der Waals surface area contributed by atoms with Crippen LogP contribution >= 0.6 is 0 Å². The first-order valence-corrected chi connectivity index (χ1v) is 8.39. The van der Waals surface area contributed by atoms with E-state index in [1.165, 1.54) is 19.3 Å². The SMILES string of the molecule is CC(C)(C)OC(=O)N1CCCCC(NC2CCCNC2)C1. The lowest BCUT2D eigenvalue weighted by molar-refractivity contribution is 0.0241. The predicted molar refractivity (Wildman–Crippen MR) is 84.5 cm³/mol. The van der Waals surface area contributed by atoms with Gasteiger partial charge in [0.2, 0.25) is 0 Å². The molecule has 2 fully saturated rings. The van der Waals surface area contributed by atoms with E-state index in [-0.39, 0.29) is 6.09 Å². The summed E-state index contributed by atoms with van der Waals surface area (Å²) in [5, 5.41) is 7.17. The molecule has 5 heteroatoms. The Labute approximate surface area is 128 Å². The average molecular weight is 297 g/mol. The zero-order valence-corrected chi connectivity index (χ0v) is 13.8. The van der Waals surface area contributed by atoms with Gasteiger partial charge in [0.15, 0.2) is 0 Å². The maximum Gasteiger partial charge on any atom is 0.410 e. The van der Waals surface area contributed by atoms with Crippen molar-refractivity contribution in [3.63, 3.8) is 0 Å². The summed E-state index contributed by atoms with van der Waals surface area (Å²) in [6.45, 7) is 9.53. The van der Waals surface area contributed by atoms with Crippen molar-refractivity contribution in [3.05, 3.63) is 0 Å². The summed E-state index contributed by atoms with van der Waals surface area (Å²) >= 11 is 0. The smallest absolute Gasteiger partial charge is 0.410 e. The van der Waals surface area contributed by atoms with E-state index < -0.39 is 5.60 Å². The van der Waals surface area contributed by atoms with Crippen LogP contribution < -0.4 is 10.6 Å². The molecule has 2 atom stereocenters. The zero-order chi connectivity index (χ0) is 15.3. The second-order valence-corrected chi connectivity index (χ2v) is 7.33. The van der Waals surface area contributed by atoms with Crippen LogP contribution in [0.5, 0.6) is 0 Å². The third-order valence-corrected chi connectivity index (χ3v) is 4.09. The molecule has 2 saturated heterocycles. The minimum absolute atomic E-state index is 0.169. The number of ether oxygens (including phenoxy) is 1. The summed E-state index contributed by atoms with van der Waals surface area (Å²) in [7, 11) is 0. The van der Waals surface area contributed by atoms with Crippen molar-refractivity contribution in [2.75, 3.05) is 26.2 Å². The molecule has 0 bridgehead atoms. The van der Waals surface area contributed by atoms with Gasteiger partial charge in [-0.1, -0.05) is 6.42 Å². The van der Waals surface area contributed by atoms with Crippen LogP contribution in [0.3, 0.4) is 0 Å². The summed E-state index contributed by atoms with van der Waals surface area (Å²) < 4.78 is 5.52. The van der Waals surface area contributed by atoms with Gasteiger partial charge in [0, 0.05) is 31.7 Å². The molecule has 0 aromatic heterocycles. The minimum atomic E-state index is -0.417. The van der Waals surface area contributed by atoms with Crippen LogP contribution in [0.2, 0.25) is 0 Å². The Morgan fingerprint density at radius 3 is 2.62 bits per heavy atom. The minimum Gasteiger partial charge on any atom is -0.444 e. The van der Waals surface area contributed by atoms with Crippen LogP contribution in [-0.2, 0) is 4.74 Å². The topological polar surface area (TPSA) is 53.6 Å². The van der Waals surface area contributed by atoms with E-state index in [0.717, 1.165) is 39.0 Å². The Morgan fingerprint density at radius 1 is 1.19 bits per heavy atom. The summed E-state index contributed by atoms with van der Waals surface area (Å²) in [6, 6.07) is 0.937. The first-order valence-electron chi connectivity index (χ1n) is 8.39. The molecule has 0 aromatic rings. The maximum absolute atomic E-state index is 12.3. The molecular formula is C16H31N3O2. The predicted octanol–water partition coefficient (Wildman–Crippen LogP) is 2.12. The summed E-state index contributed by atoms with van der Waals surface area (Å²) in [6.07, 6.45) is 5.70. The second-order valence-electron chi connectivity index (χ2n) is 7.33. The van der Waals surface area contributed by atoms with E-state index in [1.54, 1.807) is 0 Å². The van der Waals surface area contributed by atoms with Crippen molar-refractivity contribution in [2.24, 2.45) is 0 Å². The first-order chi connectivity index (χ1) is 9.94. The maximum atomic E-state index is 12.3. The number of hydrogen-bond donors (Lipinski definition) is 2. The van der Waals surface area contributed by atoms with Gasteiger partial charge >= 0.3 is 6.09 Å². The second kappa shape index (κ2) is 7.45. The third kappa shape index (κ3) is 5.83. The number of nitrogens with zero attached hydrogens (tertiary/aromatic N) is 1. The molecule has 5 nitrogen and oxygen atoms in total. The normalized spacial score (nSPS) is 28.0. The lowest BCUT2D eigenvalue weighted by atomic mass is 10.0. The van der Waals surface area contributed by atoms with Crippen LogP contribution in [0.15, 0.2) is 0 Å². The van der Waals surface area contributed by atoms with E-state index in [0.29, 0.717) is 12.1 Å². The summed E-state index contributed by atoms with van der Waals surface area (Å²) in [4.78, 5) is 14.1. The molecule has 0 aromatic carbocycles. The molecule has 122 valence electrons. The van der Waals surface area contributed by atoms with Crippen LogP contribution in [0.25, 0.3) is 0 Å². The molecule has 0 aliphatic carbocycles. The molecule has 2 N–H and O–H groups in total. The van der Waals surface area contributed by atoms with E-state index in [4.69, 9.17) is 4.74 Å². The highest BCUT2D eigenvalue weighted by Crippen LogP contribution is 2.16. The molecule has 0 saturated carbocycles. The number of likely N-dealkylation sites (tertiary alicyclic amines) is 1. The van der Waals surface area contributed by atoms with Crippen molar-refractivity contribution in [2.45, 2.75) is 70.6 Å². The molecule has 2 aliphatic rings. The number of rotatable bonds is 2. The number of piperidine rings is 1. The van der Waals surface area contributed by atoms with Gasteiger partial charge in [0.1, 0.15) is 5.60 Å². The Kier molecular flexibility index (Phi) is 5.88. The number of carbonyl (C=O) groups excluding carboxylic acids is 1. The van der Waals surface area contributed by atoms with Crippen LogP contribution in [0, 0.1) is 0 Å². The van der Waals surface area contributed by atoms with Gasteiger partial charge in [-0.3, -0.25) is 0 Å². The highest BCUT2D eigenvalue weighted by Gasteiger charge is 2.27. The van der Waals surface area contributed by atoms with Gasteiger partial charge in [0.25, 0.3) is 0 Å². The fraction of sp³-hybridized carbons (Fsp3) is 0.938. The van der Waals surface area contributed by atoms with Crippen LogP contribution in [-0.4, -0.2) is 54.9 Å². The molecule has 2 unspecified atom stereocenters. The van der Waals surface area contributed by atoms with E-state index in [1.807, 2.05) is 25.7 Å². The van der Waals surface area contributed by atoms with Crippen molar-refractivity contribution in [1.29, 1.82) is 0 Å². The lowest BCUT2D eigenvalue weighted by Crippen LogP contribution is -2.51. The molecule has 2 aliphatic heterocycles. The summed E-state index contributed by atoms with van der Waals surface area (Å²) in [5.41, 5.74) is -0.417. The lowest BCUT2D eigenvalue weighted by Gasteiger charge is -2.32. The number of amides is 1. The van der Waals surface area contributed by atoms with Gasteiger partial charge in [-0.2, -0.15) is 0 Å². The van der Waals surface area contributed by atoms with Gasteiger partial charge < -0.3 is 20.3 Å². The van der Waals surface area contributed by atoms with Gasteiger partial charge in [-0.05, 0) is 53.0 Å². The Balaban J connectivity index is 1.86. The molecule has 2 heterocycles. The van der Waals surface area contributed by atoms with Crippen LogP contribution in [0.4, 0.5) is 4.79 Å². The monoisotopic (exact) mass is 297 g/mol. The Hall–Kier alpha value is -0.810. The molecule has 1 amide bonds. The Morgan fingerprint density at radius 2 is 1.95 bits per heavy atom. The number of carbonyl (C=O) groups is 1. The van der Waals surface area contributed by atoms with Crippen molar-refractivity contribution in [1.82, 2.24) is 15.5 Å². The zero-order valence-electron chi connectivity index (χ0n) is 13.8. The van der Waals surface area contributed by atoms with Crippen molar-refractivity contribution < 1.29 is 9.53 Å². The molecule has 0 radical (unpaired) electrons. The quantitative estimate of drug-likeness (QED) is 0.820. The largest absolute Gasteiger partial charge is 0.444 e. The standard InChI is InChI=1S/C16H31N3O2/c1-16(2,3)21-15(20)19-10-5-4-7-14(12-19)18-13-8-6-9-17-11-13/h13-14,17-18H,4-12H2,1-3H3. The Bertz CT molecular complexity index is 335. The van der Waals surface area contributed by atoms with E-state index in [2.05, 4.69) is 10.6 Å². The third-order valence-electron chi connectivity index (χ3n) is 4.09. The van der Waals surface area contributed by atoms with Crippen molar-refractivity contribution in [3.8, 4) is 0 Å². The van der Waals surface area contributed by atoms with E-state index in [9.17, 15) is 4.79 Å². The fourth-order valence-corrected chi connectivity index (χ4v) is 3.10. The number of hydrogen-bond acceptors (Lipinski definition) is 4. The number of nitrogens with one attached hydrogen (secondary N) is 2. The first kappa shape index (κ1) is 16.6. The molecule has 21 heavy (non-hydrogen) atoms. The fourth-order valence-electron chi connectivity index (χ4n) is 3.10. The van der Waals surface area contributed by atoms with E-state index >= 15 is 0 Å². The van der Waals surface area contributed by atoms with Crippen LogP contribution in [0.1, 0.15) is 52.9 Å². The summed E-state index contributed by atoms with van der Waals surface area (Å²) in [5.74, 6) is 0. The highest BCUT2D eigenvalue weighted by atomic mass is 16.6.